The summed E-state index contributed by atoms with van der Waals surface area (Å²) in [4.78, 5) is 14.6. The first-order valence-corrected chi connectivity index (χ1v) is 8.19. The van der Waals surface area contributed by atoms with Crippen molar-refractivity contribution in [3.05, 3.63) is 24.3 Å². The lowest BCUT2D eigenvalue weighted by molar-refractivity contribution is -0.117. The van der Waals surface area contributed by atoms with Crippen LogP contribution in [0.3, 0.4) is 0 Å². The number of hydrogen-bond acceptors (Lipinski definition) is 4. The van der Waals surface area contributed by atoms with E-state index in [2.05, 4.69) is 28.5 Å². The van der Waals surface area contributed by atoms with Crippen LogP contribution in [-0.2, 0) is 4.79 Å². The zero-order valence-electron chi connectivity index (χ0n) is 13.1. The molecule has 0 saturated carbocycles. The first-order chi connectivity index (χ1) is 10.6. The van der Waals surface area contributed by atoms with Crippen molar-refractivity contribution < 1.29 is 9.90 Å². The Morgan fingerprint density at radius 3 is 2.82 bits per heavy atom. The second-order valence-electron chi connectivity index (χ2n) is 6.56. The van der Waals surface area contributed by atoms with Gasteiger partial charge in [-0.2, -0.15) is 0 Å². The van der Waals surface area contributed by atoms with Crippen molar-refractivity contribution in [3.63, 3.8) is 0 Å². The maximum absolute atomic E-state index is 12.2. The van der Waals surface area contributed by atoms with E-state index in [4.69, 9.17) is 0 Å². The summed E-state index contributed by atoms with van der Waals surface area (Å²) in [7, 11) is 0. The molecule has 2 fully saturated rings. The molecule has 0 bridgehead atoms. The van der Waals surface area contributed by atoms with E-state index >= 15 is 0 Å². The summed E-state index contributed by atoms with van der Waals surface area (Å²) >= 11 is 0. The van der Waals surface area contributed by atoms with Gasteiger partial charge in [0.25, 0.3) is 0 Å². The van der Waals surface area contributed by atoms with E-state index in [1.807, 2.05) is 18.2 Å². The number of aliphatic hydroxyl groups is 1. The molecule has 2 aliphatic heterocycles. The zero-order valence-corrected chi connectivity index (χ0v) is 13.1. The van der Waals surface area contributed by atoms with Crippen LogP contribution in [-0.4, -0.2) is 42.8 Å². The molecular formula is C17H25N3O2. The van der Waals surface area contributed by atoms with Gasteiger partial charge in [0.15, 0.2) is 0 Å². The molecule has 2 saturated heterocycles. The molecule has 1 aromatic carbocycles. The molecular weight excluding hydrogens is 278 g/mol. The number of β-amino-alcohol motifs (C(OH)–C–C–N with tert-alkyl or cyclic N) is 1. The van der Waals surface area contributed by atoms with E-state index in [1.165, 1.54) is 18.5 Å². The third-order valence-corrected chi connectivity index (χ3v) is 4.69. The van der Waals surface area contributed by atoms with E-state index < -0.39 is 6.10 Å². The van der Waals surface area contributed by atoms with Crippen LogP contribution >= 0.6 is 0 Å². The number of nitrogens with zero attached hydrogens (tertiary/aromatic N) is 1. The molecule has 120 valence electrons. The Hall–Kier alpha value is -1.59. The first-order valence-electron chi connectivity index (χ1n) is 8.19. The van der Waals surface area contributed by atoms with Crippen molar-refractivity contribution in [2.24, 2.45) is 5.92 Å². The first kappa shape index (κ1) is 15.3. The molecule has 3 N–H and O–H groups in total. The lowest BCUT2D eigenvalue weighted by Crippen LogP contribution is -2.35. The number of carbonyl (C=O) groups is 1. The van der Waals surface area contributed by atoms with Gasteiger partial charge in [-0.3, -0.25) is 4.79 Å². The SMILES string of the molecule is CC1CCN(c2cccc(NC(=O)C3CC(O)CN3)c2)CC1. The van der Waals surface area contributed by atoms with Crippen molar-refractivity contribution in [1.82, 2.24) is 5.32 Å². The van der Waals surface area contributed by atoms with Gasteiger partial charge in [0.2, 0.25) is 5.91 Å². The van der Waals surface area contributed by atoms with Gasteiger partial charge in [0.1, 0.15) is 0 Å². The van der Waals surface area contributed by atoms with Crippen LogP contribution in [0.5, 0.6) is 0 Å². The standard InChI is InChI=1S/C17H25N3O2/c1-12-5-7-20(8-6-12)14-4-2-3-13(9-14)19-17(22)16-10-15(21)11-18-16/h2-4,9,12,15-16,18,21H,5-8,10-11H2,1H3,(H,19,22). The quantitative estimate of drug-likeness (QED) is 0.793. The minimum Gasteiger partial charge on any atom is -0.392 e. The minimum absolute atomic E-state index is 0.0685. The van der Waals surface area contributed by atoms with Gasteiger partial charge in [0, 0.05) is 31.0 Å². The number of amides is 1. The van der Waals surface area contributed by atoms with Gasteiger partial charge in [-0.05, 0) is 43.4 Å². The van der Waals surface area contributed by atoms with E-state index in [9.17, 15) is 9.90 Å². The summed E-state index contributed by atoms with van der Waals surface area (Å²) in [5.41, 5.74) is 1.99. The highest BCUT2D eigenvalue weighted by Gasteiger charge is 2.28. The lowest BCUT2D eigenvalue weighted by atomic mass is 9.99. The van der Waals surface area contributed by atoms with Gasteiger partial charge < -0.3 is 20.6 Å². The summed E-state index contributed by atoms with van der Waals surface area (Å²) in [6.45, 7) is 4.95. The topological polar surface area (TPSA) is 64.6 Å². The zero-order chi connectivity index (χ0) is 15.5. The number of aliphatic hydroxyl groups excluding tert-OH is 1. The predicted molar refractivity (Wildman–Crippen MR) is 88.1 cm³/mol. The fourth-order valence-electron chi connectivity index (χ4n) is 3.19. The summed E-state index contributed by atoms with van der Waals surface area (Å²) in [5.74, 6) is 0.736. The fraction of sp³-hybridized carbons (Fsp3) is 0.588. The smallest absolute Gasteiger partial charge is 0.241 e. The third-order valence-electron chi connectivity index (χ3n) is 4.69. The molecule has 2 aliphatic rings. The monoisotopic (exact) mass is 303 g/mol. The number of rotatable bonds is 3. The maximum atomic E-state index is 12.2. The van der Waals surface area contributed by atoms with Crippen molar-refractivity contribution >= 4 is 17.3 Å². The van der Waals surface area contributed by atoms with Crippen LogP contribution in [0.2, 0.25) is 0 Å². The molecule has 1 aromatic rings. The summed E-state index contributed by atoms with van der Waals surface area (Å²) in [5, 5.41) is 15.5. The Morgan fingerprint density at radius 2 is 2.14 bits per heavy atom. The van der Waals surface area contributed by atoms with Gasteiger partial charge in [-0.15, -0.1) is 0 Å². The number of hydrogen-bond donors (Lipinski definition) is 3. The van der Waals surface area contributed by atoms with Gasteiger partial charge in [-0.25, -0.2) is 0 Å². The van der Waals surface area contributed by atoms with Crippen LogP contribution < -0.4 is 15.5 Å². The summed E-state index contributed by atoms with van der Waals surface area (Å²) in [6.07, 6.45) is 2.51. The van der Waals surface area contributed by atoms with Crippen LogP contribution in [0.25, 0.3) is 0 Å². The van der Waals surface area contributed by atoms with Crippen molar-refractivity contribution in [1.29, 1.82) is 0 Å². The Kier molecular flexibility index (Phi) is 4.64. The minimum atomic E-state index is -0.419. The second kappa shape index (κ2) is 6.67. The van der Waals surface area contributed by atoms with Crippen molar-refractivity contribution in [2.45, 2.75) is 38.3 Å². The molecule has 3 rings (SSSR count). The Bertz CT molecular complexity index is 526. The van der Waals surface area contributed by atoms with E-state index in [-0.39, 0.29) is 11.9 Å². The highest BCUT2D eigenvalue weighted by molar-refractivity contribution is 5.95. The Labute approximate surface area is 131 Å². The van der Waals surface area contributed by atoms with E-state index in [1.54, 1.807) is 0 Å². The summed E-state index contributed by atoms with van der Waals surface area (Å²) in [6, 6.07) is 7.75. The highest BCUT2D eigenvalue weighted by Crippen LogP contribution is 2.25. The average Bonchev–Trinajstić information content (AvgIpc) is 2.95. The highest BCUT2D eigenvalue weighted by atomic mass is 16.3. The second-order valence-corrected chi connectivity index (χ2v) is 6.56. The summed E-state index contributed by atoms with van der Waals surface area (Å²) < 4.78 is 0. The number of carbonyl (C=O) groups excluding carboxylic acids is 1. The van der Waals surface area contributed by atoms with Gasteiger partial charge in [-0.1, -0.05) is 13.0 Å². The van der Waals surface area contributed by atoms with Crippen molar-refractivity contribution in [2.75, 3.05) is 29.9 Å². The molecule has 5 heteroatoms. The van der Waals surface area contributed by atoms with E-state index in [0.29, 0.717) is 13.0 Å². The fourth-order valence-corrected chi connectivity index (χ4v) is 3.19. The normalized spacial score (nSPS) is 26.2. The molecule has 0 spiro atoms. The van der Waals surface area contributed by atoms with Crippen LogP contribution in [0.1, 0.15) is 26.2 Å². The number of piperidine rings is 1. The molecule has 2 unspecified atom stereocenters. The predicted octanol–water partition coefficient (Wildman–Crippen LogP) is 1.58. The van der Waals surface area contributed by atoms with Crippen LogP contribution in [0.4, 0.5) is 11.4 Å². The molecule has 0 radical (unpaired) electrons. The van der Waals surface area contributed by atoms with Crippen molar-refractivity contribution in [3.8, 4) is 0 Å². The molecule has 5 nitrogen and oxygen atoms in total. The number of anilines is 2. The molecule has 2 heterocycles. The van der Waals surface area contributed by atoms with Crippen LogP contribution in [0.15, 0.2) is 24.3 Å². The van der Waals surface area contributed by atoms with Gasteiger partial charge in [0.05, 0.1) is 12.1 Å². The molecule has 0 aromatic heterocycles. The molecule has 1 amide bonds. The average molecular weight is 303 g/mol. The van der Waals surface area contributed by atoms with E-state index in [0.717, 1.165) is 24.7 Å². The maximum Gasteiger partial charge on any atom is 0.241 e. The Morgan fingerprint density at radius 1 is 1.36 bits per heavy atom. The molecule has 22 heavy (non-hydrogen) atoms. The largest absolute Gasteiger partial charge is 0.392 e. The Balaban J connectivity index is 1.62. The number of benzene rings is 1. The third kappa shape index (κ3) is 3.59. The molecule has 2 atom stereocenters. The molecule has 0 aliphatic carbocycles. The van der Waals surface area contributed by atoms with Gasteiger partial charge >= 0.3 is 0 Å². The lowest BCUT2D eigenvalue weighted by Gasteiger charge is -2.32. The van der Waals surface area contributed by atoms with Crippen LogP contribution in [0, 0.1) is 5.92 Å². The number of nitrogens with one attached hydrogen (secondary N) is 2.